The van der Waals surface area contributed by atoms with Gasteiger partial charge in [-0.3, -0.25) is 9.48 Å². The number of aromatic nitrogens is 2. The molecule has 1 aromatic carbocycles. The van der Waals surface area contributed by atoms with Crippen LogP contribution in [0.4, 0.5) is 0 Å². The number of amides is 1. The van der Waals surface area contributed by atoms with Gasteiger partial charge in [0.25, 0.3) is 5.91 Å². The summed E-state index contributed by atoms with van der Waals surface area (Å²) in [7, 11) is 0. The molecule has 1 atom stereocenters. The molecule has 0 radical (unpaired) electrons. The summed E-state index contributed by atoms with van der Waals surface area (Å²) in [6, 6.07) is 10.2. The van der Waals surface area contributed by atoms with Gasteiger partial charge in [0.05, 0.1) is 18.3 Å². The second kappa shape index (κ2) is 7.62. The van der Waals surface area contributed by atoms with E-state index >= 15 is 0 Å². The van der Waals surface area contributed by atoms with Crippen molar-refractivity contribution in [2.75, 3.05) is 6.54 Å². The van der Waals surface area contributed by atoms with Crippen LogP contribution in [-0.4, -0.2) is 28.3 Å². The van der Waals surface area contributed by atoms with E-state index in [1.807, 2.05) is 29.8 Å². The number of hydrogen-bond acceptors (Lipinski definition) is 3. The first-order valence-corrected chi connectivity index (χ1v) is 7.76. The highest BCUT2D eigenvalue weighted by atomic mass is 35.5. The normalized spacial score (nSPS) is 14.9. The molecule has 1 fully saturated rings. The van der Waals surface area contributed by atoms with Gasteiger partial charge in [-0.2, -0.15) is 5.10 Å². The molecule has 1 heterocycles. The van der Waals surface area contributed by atoms with E-state index in [0.717, 1.165) is 18.5 Å². The third kappa shape index (κ3) is 4.12. The molecule has 2 aromatic rings. The number of carbonyl (C=O) groups is 1. The predicted octanol–water partition coefficient (Wildman–Crippen LogP) is 2.13. The van der Waals surface area contributed by atoms with Crippen LogP contribution in [0.25, 0.3) is 0 Å². The Morgan fingerprint density at radius 1 is 1.39 bits per heavy atom. The lowest BCUT2D eigenvalue weighted by Gasteiger charge is -2.15. The molecule has 6 heteroatoms. The van der Waals surface area contributed by atoms with E-state index in [-0.39, 0.29) is 24.4 Å². The smallest absolute Gasteiger partial charge is 0.255 e. The molecule has 0 bridgehead atoms. The van der Waals surface area contributed by atoms with Gasteiger partial charge in [0.2, 0.25) is 0 Å². The average Bonchev–Trinajstić information content (AvgIpc) is 3.31. The van der Waals surface area contributed by atoms with Crippen molar-refractivity contribution in [2.24, 2.45) is 11.7 Å². The summed E-state index contributed by atoms with van der Waals surface area (Å²) in [4.78, 5) is 12.4. The largest absolute Gasteiger partial charge is 0.348 e. The minimum absolute atomic E-state index is 0. The maximum atomic E-state index is 12.4. The van der Waals surface area contributed by atoms with Crippen molar-refractivity contribution in [1.29, 1.82) is 0 Å². The first-order chi connectivity index (χ1) is 10.7. The van der Waals surface area contributed by atoms with Crippen LogP contribution in [0.15, 0.2) is 36.5 Å². The Bertz CT molecular complexity index is 652. The van der Waals surface area contributed by atoms with Gasteiger partial charge in [0.15, 0.2) is 0 Å². The number of nitrogens with one attached hydrogen (secondary N) is 1. The second-order valence-electron chi connectivity index (χ2n) is 5.94. The van der Waals surface area contributed by atoms with Gasteiger partial charge in [-0.1, -0.05) is 30.3 Å². The Morgan fingerprint density at radius 3 is 2.70 bits per heavy atom. The lowest BCUT2D eigenvalue weighted by atomic mass is 10.1. The lowest BCUT2D eigenvalue weighted by Crippen LogP contribution is -2.41. The van der Waals surface area contributed by atoms with Gasteiger partial charge >= 0.3 is 0 Å². The standard InChI is InChI=1S/C17H22N4O.ClH/c1-12-15(17(22)20-16(9-18)14-7-8-14)10-19-21(12)11-13-5-3-2-4-6-13;/h2-6,10,14,16H,7-9,11,18H2,1H3,(H,20,22);1H. The molecule has 0 aliphatic heterocycles. The van der Waals surface area contributed by atoms with Gasteiger partial charge < -0.3 is 11.1 Å². The molecule has 0 spiro atoms. The predicted molar refractivity (Wildman–Crippen MR) is 92.8 cm³/mol. The fraction of sp³-hybridized carbons (Fsp3) is 0.412. The Balaban J connectivity index is 0.00000192. The van der Waals surface area contributed by atoms with Crippen molar-refractivity contribution >= 4 is 18.3 Å². The molecule has 1 aliphatic rings. The molecule has 0 saturated heterocycles. The molecular weight excluding hydrogens is 312 g/mol. The van der Waals surface area contributed by atoms with E-state index in [1.54, 1.807) is 6.20 Å². The molecule has 1 saturated carbocycles. The Hall–Kier alpha value is -1.85. The zero-order valence-electron chi connectivity index (χ0n) is 13.2. The number of carbonyl (C=O) groups excluding carboxylic acids is 1. The van der Waals surface area contributed by atoms with Crippen molar-refractivity contribution in [1.82, 2.24) is 15.1 Å². The minimum atomic E-state index is -0.0702. The maximum absolute atomic E-state index is 12.4. The second-order valence-corrected chi connectivity index (χ2v) is 5.94. The number of halogens is 1. The zero-order chi connectivity index (χ0) is 15.5. The first-order valence-electron chi connectivity index (χ1n) is 7.76. The summed E-state index contributed by atoms with van der Waals surface area (Å²) < 4.78 is 1.86. The summed E-state index contributed by atoms with van der Waals surface area (Å²) in [5.41, 5.74) is 8.43. The maximum Gasteiger partial charge on any atom is 0.255 e. The number of nitrogens with two attached hydrogens (primary N) is 1. The molecule has 3 N–H and O–H groups in total. The van der Waals surface area contributed by atoms with Gasteiger partial charge in [-0.05, 0) is 31.2 Å². The van der Waals surface area contributed by atoms with Crippen molar-refractivity contribution in [3.63, 3.8) is 0 Å². The SMILES string of the molecule is Cc1c(C(=O)NC(CN)C2CC2)cnn1Cc1ccccc1.Cl. The third-order valence-electron chi connectivity index (χ3n) is 4.28. The highest BCUT2D eigenvalue weighted by molar-refractivity contribution is 5.95. The third-order valence-corrected chi connectivity index (χ3v) is 4.28. The van der Waals surface area contributed by atoms with E-state index in [2.05, 4.69) is 22.5 Å². The highest BCUT2D eigenvalue weighted by Crippen LogP contribution is 2.32. The van der Waals surface area contributed by atoms with Gasteiger partial charge in [-0.15, -0.1) is 12.4 Å². The Kier molecular flexibility index (Phi) is 5.80. The van der Waals surface area contributed by atoms with Crippen LogP contribution < -0.4 is 11.1 Å². The Morgan fingerprint density at radius 2 is 2.09 bits per heavy atom. The van der Waals surface area contributed by atoms with Gasteiger partial charge in [-0.25, -0.2) is 0 Å². The van der Waals surface area contributed by atoms with Crippen LogP contribution in [0.5, 0.6) is 0 Å². The van der Waals surface area contributed by atoms with Crippen LogP contribution in [0.1, 0.15) is 34.5 Å². The van der Waals surface area contributed by atoms with Crippen molar-refractivity contribution in [3.8, 4) is 0 Å². The van der Waals surface area contributed by atoms with Gasteiger partial charge in [0.1, 0.15) is 0 Å². The number of benzene rings is 1. The lowest BCUT2D eigenvalue weighted by molar-refractivity contribution is 0.0932. The minimum Gasteiger partial charge on any atom is -0.348 e. The topological polar surface area (TPSA) is 72.9 Å². The summed E-state index contributed by atoms with van der Waals surface area (Å²) in [6.45, 7) is 3.09. The zero-order valence-corrected chi connectivity index (χ0v) is 14.1. The van der Waals surface area contributed by atoms with Crippen LogP contribution in [0.3, 0.4) is 0 Å². The monoisotopic (exact) mass is 334 g/mol. The van der Waals surface area contributed by atoms with Crippen LogP contribution in [0.2, 0.25) is 0 Å². The fourth-order valence-corrected chi connectivity index (χ4v) is 2.70. The van der Waals surface area contributed by atoms with E-state index < -0.39 is 0 Å². The molecule has 23 heavy (non-hydrogen) atoms. The Labute approximate surface area is 142 Å². The molecule has 1 aromatic heterocycles. The fourth-order valence-electron chi connectivity index (χ4n) is 2.70. The van der Waals surface area contributed by atoms with E-state index in [0.29, 0.717) is 24.6 Å². The molecule has 124 valence electrons. The average molecular weight is 335 g/mol. The molecule has 1 unspecified atom stereocenters. The van der Waals surface area contributed by atoms with Crippen LogP contribution in [-0.2, 0) is 6.54 Å². The number of nitrogens with zero attached hydrogens (tertiary/aromatic N) is 2. The van der Waals surface area contributed by atoms with E-state index in [9.17, 15) is 4.79 Å². The molecule has 3 rings (SSSR count). The van der Waals surface area contributed by atoms with Crippen molar-refractivity contribution in [2.45, 2.75) is 32.4 Å². The van der Waals surface area contributed by atoms with Crippen LogP contribution >= 0.6 is 12.4 Å². The van der Waals surface area contributed by atoms with E-state index in [1.165, 1.54) is 5.56 Å². The van der Waals surface area contributed by atoms with Crippen molar-refractivity contribution < 1.29 is 4.79 Å². The summed E-state index contributed by atoms with van der Waals surface area (Å²) in [5.74, 6) is 0.479. The summed E-state index contributed by atoms with van der Waals surface area (Å²) in [6.07, 6.45) is 3.97. The molecule has 1 amide bonds. The van der Waals surface area contributed by atoms with Gasteiger partial charge in [0, 0.05) is 18.3 Å². The molecule has 5 nitrogen and oxygen atoms in total. The number of hydrogen-bond donors (Lipinski definition) is 2. The highest BCUT2D eigenvalue weighted by Gasteiger charge is 2.31. The van der Waals surface area contributed by atoms with Crippen molar-refractivity contribution in [3.05, 3.63) is 53.3 Å². The van der Waals surface area contributed by atoms with Crippen LogP contribution in [0, 0.1) is 12.8 Å². The molecule has 1 aliphatic carbocycles. The molecular formula is C17H23ClN4O. The van der Waals surface area contributed by atoms with E-state index in [4.69, 9.17) is 5.73 Å². The summed E-state index contributed by atoms with van der Waals surface area (Å²) >= 11 is 0. The first kappa shape index (κ1) is 17.5. The summed E-state index contributed by atoms with van der Waals surface area (Å²) in [5, 5.41) is 7.40. The number of rotatable bonds is 6. The quantitative estimate of drug-likeness (QED) is 0.850.